The van der Waals surface area contributed by atoms with Crippen LogP contribution in [0.1, 0.15) is 11.3 Å². The van der Waals surface area contributed by atoms with Crippen LogP contribution >= 0.6 is 0 Å². The Morgan fingerprint density at radius 1 is 1.38 bits per heavy atom. The summed E-state index contributed by atoms with van der Waals surface area (Å²) in [5.41, 5.74) is 1.17. The molecule has 1 heterocycles. The maximum absolute atomic E-state index is 11.8. The van der Waals surface area contributed by atoms with Gasteiger partial charge >= 0.3 is 0 Å². The molecule has 6 heteroatoms. The van der Waals surface area contributed by atoms with E-state index in [1.54, 1.807) is 6.07 Å². The van der Waals surface area contributed by atoms with Gasteiger partial charge in [-0.05, 0) is 18.6 Å². The highest BCUT2D eigenvalue weighted by Crippen LogP contribution is 2.13. The number of carbonyl (C=O) groups is 1. The van der Waals surface area contributed by atoms with Crippen LogP contribution in [0, 0.1) is 6.92 Å². The van der Waals surface area contributed by atoms with Crippen LogP contribution in [-0.4, -0.2) is 17.6 Å². The normalized spacial score (nSPS) is 10.2. The van der Waals surface area contributed by atoms with E-state index in [1.165, 1.54) is 0 Å². The molecule has 0 aliphatic heterocycles. The summed E-state index contributed by atoms with van der Waals surface area (Å²) in [7, 11) is 0. The molecule has 0 fully saturated rings. The fraction of sp³-hybridized carbons (Fsp3) is 0.200. The number of amides is 1. The van der Waals surface area contributed by atoms with E-state index in [2.05, 4.69) is 5.32 Å². The molecule has 0 radical (unpaired) electrons. The number of para-hydroxylation sites is 1. The number of anilines is 1. The summed E-state index contributed by atoms with van der Waals surface area (Å²) >= 11 is 0. The number of benzene rings is 1. The van der Waals surface area contributed by atoms with Crippen LogP contribution in [0.15, 0.2) is 45.8 Å². The minimum atomic E-state index is -0.450. The minimum absolute atomic E-state index is 0.0767. The summed E-state index contributed by atoms with van der Waals surface area (Å²) in [4.78, 5) is 23.4. The first-order valence-corrected chi connectivity index (χ1v) is 6.31. The summed E-state index contributed by atoms with van der Waals surface area (Å²) in [6.45, 7) is 1.19. The standard InChI is InChI=1S/C15H15NO5/c1-10-4-2-3-5-12(10)16-15(19)9-21-14-8-20-11(7-17)6-13(14)18/h2-6,8,17H,7,9H2,1H3,(H,16,19). The lowest BCUT2D eigenvalue weighted by molar-refractivity contribution is -0.118. The second-order valence-electron chi connectivity index (χ2n) is 4.38. The van der Waals surface area contributed by atoms with Crippen molar-refractivity contribution in [2.24, 2.45) is 0 Å². The van der Waals surface area contributed by atoms with Gasteiger partial charge in [0, 0.05) is 11.8 Å². The summed E-state index contributed by atoms with van der Waals surface area (Å²) in [5, 5.41) is 11.5. The van der Waals surface area contributed by atoms with Crippen molar-refractivity contribution in [1.29, 1.82) is 0 Å². The minimum Gasteiger partial charge on any atom is -0.477 e. The third kappa shape index (κ3) is 3.93. The smallest absolute Gasteiger partial charge is 0.262 e. The molecule has 0 aliphatic carbocycles. The second-order valence-corrected chi connectivity index (χ2v) is 4.38. The Morgan fingerprint density at radius 2 is 2.14 bits per heavy atom. The molecule has 1 aromatic carbocycles. The Balaban J connectivity index is 1.96. The van der Waals surface area contributed by atoms with Crippen molar-refractivity contribution in [3.05, 3.63) is 58.1 Å². The number of aliphatic hydroxyl groups excluding tert-OH is 1. The van der Waals surface area contributed by atoms with Crippen LogP contribution in [-0.2, 0) is 11.4 Å². The predicted octanol–water partition coefficient (Wildman–Crippen LogP) is 1.46. The molecule has 2 rings (SSSR count). The molecule has 0 atom stereocenters. The van der Waals surface area contributed by atoms with E-state index in [1.807, 2.05) is 25.1 Å². The summed E-state index contributed by atoms with van der Waals surface area (Å²) < 4.78 is 10.1. The van der Waals surface area contributed by atoms with Gasteiger partial charge in [0.05, 0.1) is 0 Å². The largest absolute Gasteiger partial charge is 0.477 e. The number of aryl methyl sites for hydroxylation is 1. The van der Waals surface area contributed by atoms with Gasteiger partial charge < -0.3 is 19.6 Å². The number of nitrogens with one attached hydrogen (secondary N) is 1. The summed E-state index contributed by atoms with van der Waals surface area (Å²) in [6, 6.07) is 8.45. The topological polar surface area (TPSA) is 88.8 Å². The van der Waals surface area contributed by atoms with E-state index in [0.717, 1.165) is 17.9 Å². The number of hydrogen-bond donors (Lipinski definition) is 2. The molecule has 1 aromatic heterocycles. The van der Waals surface area contributed by atoms with Crippen LogP contribution in [0.5, 0.6) is 5.75 Å². The van der Waals surface area contributed by atoms with E-state index in [0.29, 0.717) is 5.69 Å². The van der Waals surface area contributed by atoms with Crippen molar-refractivity contribution < 1.29 is 19.1 Å². The molecule has 0 spiro atoms. The first-order valence-electron chi connectivity index (χ1n) is 6.31. The maximum Gasteiger partial charge on any atom is 0.262 e. The van der Waals surface area contributed by atoms with Crippen molar-refractivity contribution in [1.82, 2.24) is 0 Å². The SMILES string of the molecule is Cc1ccccc1NC(=O)COc1coc(CO)cc1=O. The average molecular weight is 289 g/mol. The molecule has 0 bridgehead atoms. The first kappa shape index (κ1) is 14.8. The van der Waals surface area contributed by atoms with E-state index < -0.39 is 5.43 Å². The van der Waals surface area contributed by atoms with Crippen molar-refractivity contribution in [3.63, 3.8) is 0 Å². The zero-order valence-corrected chi connectivity index (χ0v) is 11.5. The van der Waals surface area contributed by atoms with Gasteiger partial charge in [0.2, 0.25) is 11.2 Å². The number of hydrogen-bond acceptors (Lipinski definition) is 5. The van der Waals surface area contributed by atoms with E-state index in [4.69, 9.17) is 14.3 Å². The van der Waals surface area contributed by atoms with Crippen molar-refractivity contribution >= 4 is 11.6 Å². The highest BCUT2D eigenvalue weighted by atomic mass is 16.5. The van der Waals surface area contributed by atoms with Gasteiger partial charge in [-0.3, -0.25) is 9.59 Å². The molecule has 6 nitrogen and oxygen atoms in total. The first-order chi connectivity index (χ1) is 10.1. The zero-order chi connectivity index (χ0) is 15.2. The Hall–Kier alpha value is -2.60. The van der Waals surface area contributed by atoms with Gasteiger partial charge in [0.25, 0.3) is 5.91 Å². The maximum atomic E-state index is 11.8. The van der Waals surface area contributed by atoms with E-state index in [-0.39, 0.29) is 30.6 Å². The molecule has 110 valence electrons. The fourth-order valence-electron chi connectivity index (χ4n) is 1.67. The lowest BCUT2D eigenvalue weighted by Gasteiger charge is -2.08. The average Bonchev–Trinajstić information content (AvgIpc) is 2.48. The molecule has 0 saturated heterocycles. The quantitative estimate of drug-likeness (QED) is 0.870. The van der Waals surface area contributed by atoms with Gasteiger partial charge in [0.15, 0.2) is 6.61 Å². The number of carbonyl (C=O) groups excluding carboxylic acids is 1. The van der Waals surface area contributed by atoms with Crippen molar-refractivity contribution in [2.45, 2.75) is 13.5 Å². The monoisotopic (exact) mass is 289 g/mol. The zero-order valence-electron chi connectivity index (χ0n) is 11.5. The Bertz CT molecular complexity index is 692. The highest BCUT2D eigenvalue weighted by Gasteiger charge is 2.08. The van der Waals surface area contributed by atoms with Gasteiger partial charge in [-0.15, -0.1) is 0 Å². The van der Waals surface area contributed by atoms with Crippen molar-refractivity contribution in [3.8, 4) is 5.75 Å². The van der Waals surface area contributed by atoms with Crippen LogP contribution in [0.25, 0.3) is 0 Å². The van der Waals surface area contributed by atoms with Crippen LogP contribution in [0.3, 0.4) is 0 Å². The van der Waals surface area contributed by atoms with Crippen LogP contribution in [0.2, 0.25) is 0 Å². The molecular weight excluding hydrogens is 274 g/mol. The molecule has 0 aliphatic rings. The number of ether oxygens (including phenoxy) is 1. The molecule has 2 aromatic rings. The third-order valence-corrected chi connectivity index (χ3v) is 2.79. The van der Waals surface area contributed by atoms with Crippen LogP contribution < -0.4 is 15.5 Å². The summed E-state index contributed by atoms with van der Waals surface area (Å²) in [5.74, 6) is -0.321. The summed E-state index contributed by atoms with van der Waals surface area (Å²) in [6.07, 6.45) is 1.08. The molecule has 1 amide bonds. The Labute approximate surface area is 121 Å². The third-order valence-electron chi connectivity index (χ3n) is 2.79. The lowest BCUT2D eigenvalue weighted by atomic mass is 10.2. The second kappa shape index (κ2) is 6.71. The highest BCUT2D eigenvalue weighted by molar-refractivity contribution is 5.92. The molecule has 0 unspecified atom stereocenters. The van der Waals surface area contributed by atoms with Crippen molar-refractivity contribution in [2.75, 3.05) is 11.9 Å². The van der Waals surface area contributed by atoms with Gasteiger partial charge in [-0.25, -0.2) is 0 Å². The fourth-order valence-corrected chi connectivity index (χ4v) is 1.67. The molecule has 2 N–H and O–H groups in total. The van der Waals surface area contributed by atoms with Gasteiger partial charge in [-0.1, -0.05) is 18.2 Å². The molecule has 0 saturated carbocycles. The van der Waals surface area contributed by atoms with E-state index >= 15 is 0 Å². The van der Waals surface area contributed by atoms with Crippen LogP contribution in [0.4, 0.5) is 5.69 Å². The molecule has 21 heavy (non-hydrogen) atoms. The van der Waals surface area contributed by atoms with E-state index in [9.17, 15) is 9.59 Å². The lowest BCUT2D eigenvalue weighted by Crippen LogP contribution is -2.22. The number of rotatable bonds is 5. The number of aliphatic hydroxyl groups is 1. The Kier molecular flexibility index (Phi) is 4.73. The van der Waals surface area contributed by atoms with Gasteiger partial charge in [-0.2, -0.15) is 0 Å². The predicted molar refractivity (Wildman–Crippen MR) is 76.2 cm³/mol. The molecular formula is C15H15NO5. The Morgan fingerprint density at radius 3 is 2.81 bits per heavy atom. The van der Waals surface area contributed by atoms with Gasteiger partial charge in [0.1, 0.15) is 18.6 Å².